The van der Waals surface area contributed by atoms with E-state index in [0.29, 0.717) is 102 Å². The first-order valence-electron chi connectivity index (χ1n) is 48.6. The normalized spacial score (nSPS) is 17.3. The average Bonchev–Trinajstić information content (AvgIpc) is 1.45. The SMILES string of the molecule is CN1CCCC1CCNc1c(F)cc2c(=O)c(C(=O)NCCN3CCCC3)cn3c2c1Oc1cc2c(cc1-3)oc1ccccc12.CN1CCN(CCCNC(=O)c2cn3c4c(c(NC(=O)CCN5CCCC5)c(F)cc4c2=O)Oc2cc4ccccc4cc2-3)CC1.O=C(NCCN1CCCC1)c1cn2c3c(c(NCCCN4CCOCC4)c(F)cc3c1=O)Oc1cc3c(cc1-2)-c1ccccc1C3. The number of piperazine rings is 1. The third-order valence-electron chi connectivity index (χ3n) is 28.9. The lowest BCUT2D eigenvalue weighted by Gasteiger charge is -2.32. The fourth-order valence-corrected chi connectivity index (χ4v) is 21.4. The van der Waals surface area contributed by atoms with Crippen molar-refractivity contribution in [2.24, 2.45) is 0 Å². The molecule has 6 N–H and O–H groups in total. The number of fused-ring (bicyclic) bond motifs is 13. The standard InChI is InChI=1S/C36H38FN5O4.C35H39FN6O4.C35H36FN5O4/c37-29-20-27-33-35(32(29)38-8-5-12-41-14-16-45-17-15-41)46-31-19-24-18-23-6-1-2-7-25(23)26(24)21-30(31)42(33)22-28(34(27)43)36(44)39-9-13-40-10-3-4-11-40;1-39-15-17-41(18-16-39)13-6-10-37-35(45)26-22-42-28-19-23-7-2-3-8-24(23)20-29(28)46-34-31(27(36)21-25(32(34)42)33(26)44)38-30(43)9-14-40-11-4-5-12-40;1-39-13-6-7-21(39)10-11-37-31-26(36)17-24-32-34(31)45-30-18-23-22-8-2-3-9-28(22)44-29(23)19-27(30)41(32)20-25(33(24)42)35(43)38-12-16-40-14-4-5-15-40/h1-2,6-7,19-22,38H,3-5,8-18H2,(H,39,44);2-3,7-8,19-22H,4-6,9-18H2,1H3,(H,37,45)(H,38,43);2-3,8-9,17-21,37H,4-7,10-16H2,1H3,(H,38,43). The quantitative estimate of drug-likeness (QED) is 0.0275. The zero-order valence-electron chi connectivity index (χ0n) is 77.3. The number of carbonyl (C=O) groups is 4. The number of hydrogen-bond donors (Lipinski definition) is 6. The number of pyridine rings is 3. The van der Waals surface area contributed by atoms with Crippen LogP contribution >= 0.6 is 0 Å². The summed E-state index contributed by atoms with van der Waals surface area (Å²) in [5.41, 5.74) is 7.62. The van der Waals surface area contributed by atoms with E-state index in [0.717, 1.165) is 251 Å². The molecule has 9 aromatic carbocycles. The highest BCUT2D eigenvalue weighted by atomic mass is 19.1. The van der Waals surface area contributed by atoms with E-state index < -0.39 is 51.5 Å². The van der Waals surface area contributed by atoms with Gasteiger partial charge in [0.25, 0.3) is 17.7 Å². The minimum atomic E-state index is -0.797. The predicted molar refractivity (Wildman–Crippen MR) is 527 cm³/mol. The van der Waals surface area contributed by atoms with Crippen LogP contribution in [0.25, 0.3) is 93.6 Å². The second kappa shape index (κ2) is 39.3. The monoisotopic (exact) mass is 1860 g/mol. The number of ether oxygens (including phenoxy) is 4. The lowest BCUT2D eigenvalue weighted by Crippen LogP contribution is -2.45. The molecule has 28 nitrogen and oxygen atoms in total. The van der Waals surface area contributed by atoms with Crippen LogP contribution in [0.15, 0.2) is 165 Å². The van der Waals surface area contributed by atoms with E-state index >= 15 is 13.2 Å². The van der Waals surface area contributed by atoms with Crippen LogP contribution in [0.5, 0.6) is 34.5 Å². The summed E-state index contributed by atoms with van der Waals surface area (Å²) in [5, 5.41) is 21.9. The third-order valence-corrected chi connectivity index (χ3v) is 28.9. The largest absolute Gasteiger partial charge is 0.456 e. The van der Waals surface area contributed by atoms with E-state index in [2.05, 4.69) is 98.5 Å². The van der Waals surface area contributed by atoms with Crippen LogP contribution < -0.4 is 62.4 Å². The molecular weight excluding hydrogens is 1750 g/mol. The number of furan rings is 1. The van der Waals surface area contributed by atoms with Crippen molar-refractivity contribution in [3.63, 3.8) is 0 Å². The molecule has 0 radical (unpaired) electrons. The molecule has 1 atom stereocenters. The van der Waals surface area contributed by atoms with Crippen LogP contribution in [-0.4, -0.2) is 256 Å². The number of hydrogen-bond acceptors (Lipinski definition) is 21. The second-order valence-corrected chi connectivity index (χ2v) is 37.7. The number of anilines is 3. The van der Waals surface area contributed by atoms with Gasteiger partial charge in [0.05, 0.1) is 46.4 Å². The van der Waals surface area contributed by atoms with Crippen LogP contribution in [0.4, 0.5) is 30.2 Å². The summed E-state index contributed by atoms with van der Waals surface area (Å²) in [5.74, 6) is -1.74. The predicted octanol–water partition coefficient (Wildman–Crippen LogP) is 14.8. The van der Waals surface area contributed by atoms with Gasteiger partial charge in [-0.05, 0) is 238 Å². The topological polar surface area (TPSA) is 279 Å². The van der Waals surface area contributed by atoms with Gasteiger partial charge in [-0.25, -0.2) is 13.2 Å². The maximum atomic E-state index is 16.0. The van der Waals surface area contributed by atoms with Crippen LogP contribution in [0.2, 0.25) is 0 Å². The summed E-state index contributed by atoms with van der Waals surface area (Å²) in [6, 6.07) is 39.5. The van der Waals surface area contributed by atoms with Gasteiger partial charge in [0.2, 0.25) is 22.2 Å². The van der Waals surface area contributed by atoms with Crippen molar-refractivity contribution < 1.29 is 55.7 Å². The number of carbonyl (C=O) groups excluding carboxylic acids is 4. The molecule has 31 heteroatoms. The number of likely N-dealkylation sites (tertiary alicyclic amines) is 4. The lowest BCUT2D eigenvalue weighted by molar-refractivity contribution is -0.116. The molecule has 137 heavy (non-hydrogen) atoms. The Morgan fingerprint density at radius 2 is 0.891 bits per heavy atom. The van der Waals surface area contributed by atoms with E-state index in [1.165, 1.54) is 23.9 Å². The van der Waals surface area contributed by atoms with Gasteiger partial charge in [0.15, 0.2) is 51.9 Å². The Bertz CT molecular complexity index is 7130. The first-order valence-corrected chi connectivity index (χ1v) is 48.6. The minimum Gasteiger partial charge on any atom is -0.456 e. The van der Waals surface area contributed by atoms with Crippen molar-refractivity contribution >= 4 is 106 Å². The molecule has 13 aromatic rings. The molecule has 0 saturated carbocycles. The number of benzene rings is 9. The zero-order valence-corrected chi connectivity index (χ0v) is 77.3. The van der Waals surface area contributed by atoms with E-state index in [1.807, 2.05) is 95.6 Å². The Balaban J connectivity index is 0.000000123. The van der Waals surface area contributed by atoms with Crippen LogP contribution in [0.3, 0.4) is 0 Å². The van der Waals surface area contributed by atoms with Gasteiger partial charge >= 0.3 is 0 Å². The van der Waals surface area contributed by atoms with Gasteiger partial charge in [-0.3, -0.25) is 38.5 Å². The van der Waals surface area contributed by atoms with E-state index in [-0.39, 0.29) is 79.5 Å². The number of amides is 4. The summed E-state index contributed by atoms with van der Waals surface area (Å²) in [4.78, 5) is 111. The Hall–Kier alpha value is -13.0. The highest BCUT2D eigenvalue weighted by Gasteiger charge is 2.37. The molecular formula is C106H113F3N16O12. The molecule has 0 spiro atoms. The van der Waals surface area contributed by atoms with Crippen molar-refractivity contribution in [3.05, 3.63) is 222 Å². The molecule has 1 unspecified atom stereocenters. The number of para-hydroxylation sites is 1. The number of aromatic nitrogens is 3. The molecule has 0 bridgehead atoms. The molecule has 6 saturated heterocycles. The summed E-state index contributed by atoms with van der Waals surface area (Å²) >= 11 is 0. The van der Waals surface area contributed by atoms with Crippen LogP contribution in [-0.2, 0) is 16.0 Å². The highest BCUT2D eigenvalue weighted by Crippen LogP contribution is 2.52. The van der Waals surface area contributed by atoms with Gasteiger partial charge in [0.1, 0.15) is 61.5 Å². The molecule has 1 aliphatic carbocycles. The maximum absolute atomic E-state index is 16.0. The highest BCUT2D eigenvalue weighted by molar-refractivity contribution is 6.09. The molecule has 6 fully saturated rings. The summed E-state index contributed by atoms with van der Waals surface area (Å²) in [6.45, 7) is 20.4. The van der Waals surface area contributed by atoms with Gasteiger partial charge in [-0.1, -0.05) is 66.7 Å². The Morgan fingerprint density at radius 1 is 0.409 bits per heavy atom. The van der Waals surface area contributed by atoms with E-state index in [9.17, 15) is 33.6 Å². The number of likely N-dealkylation sites (N-methyl/N-ethyl adjacent to an activating group) is 1. The molecule has 23 rings (SSSR count). The molecule has 710 valence electrons. The van der Waals surface area contributed by atoms with E-state index in [4.69, 9.17) is 23.4 Å². The third kappa shape index (κ3) is 18.3. The Labute approximate surface area is 789 Å². The smallest absolute Gasteiger partial charge is 0.256 e. The van der Waals surface area contributed by atoms with Crippen molar-refractivity contribution in [2.75, 3.05) is 194 Å². The number of nitrogens with zero attached hydrogens (tertiary/aromatic N) is 10. The van der Waals surface area contributed by atoms with Gasteiger partial charge < -0.3 is 98.4 Å². The molecule has 4 aromatic heterocycles. The van der Waals surface area contributed by atoms with Crippen LogP contribution in [0.1, 0.15) is 119 Å². The number of halogens is 3. The van der Waals surface area contributed by atoms with Crippen molar-refractivity contribution in [2.45, 2.75) is 89.5 Å². The van der Waals surface area contributed by atoms with Crippen molar-refractivity contribution in [3.8, 4) is 62.7 Å². The molecule has 13 heterocycles. The molecule has 4 amide bonds. The Kier molecular flexibility index (Phi) is 25.9. The number of rotatable bonds is 26. The lowest BCUT2D eigenvalue weighted by atomic mass is 10.0. The fourth-order valence-electron chi connectivity index (χ4n) is 21.4. The molecule has 10 aliphatic rings. The van der Waals surface area contributed by atoms with Crippen molar-refractivity contribution in [1.82, 2.24) is 64.0 Å². The minimum absolute atomic E-state index is 0.00598. The summed E-state index contributed by atoms with van der Waals surface area (Å²) in [7, 11) is 4.24. The number of nitrogens with one attached hydrogen (secondary N) is 6. The van der Waals surface area contributed by atoms with E-state index in [1.54, 1.807) is 21.5 Å². The molecule has 9 aliphatic heterocycles. The first kappa shape index (κ1) is 90.5. The van der Waals surface area contributed by atoms with Crippen molar-refractivity contribution in [1.29, 1.82) is 0 Å². The second-order valence-electron chi connectivity index (χ2n) is 37.7. The van der Waals surface area contributed by atoms with Gasteiger partial charge in [-0.15, -0.1) is 0 Å². The number of morpholine rings is 1. The fraction of sp³-hybridized carbons (Fsp3) is 0.387. The van der Waals surface area contributed by atoms with Crippen LogP contribution in [0, 0.1) is 17.5 Å². The Morgan fingerprint density at radius 3 is 1.48 bits per heavy atom. The van der Waals surface area contributed by atoms with Gasteiger partial charge in [-0.2, -0.15) is 0 Å². The van der Waals surface area contributed by atoms with Gasteiger partial charge in [0, 0.05) is 140 Å². The maximum Gasteiger partial charge on any atom is 0.256 e. The average molecular weight is 1860 g/mol. The first-order chi connectivity index (χ1) is 66.9. The summed E-state index contributed by atoms with van der Waals surface area (Å²) in [6.07, 6.45) is 17.2. The summed E-state index contributed by atoms with van der Waals surface area (Å²) < 4.78 is 84.0. The zero-order chi connectivity index (χ0) is 93.6.